The molecule has 0 radical (unpaired) electrons. The fourth-order valence-corrected chi connectivity index (χ4v) is 4.76. The van der Waals surface area contributed by atoms with Crippen LogP contribution in [0.25, 0.3) is 0 Å². The Bertz CT molecular complexity index is 327. The average Bonchev–Trinajstić information content (AvgIpc) is 2.66. The van der Waals surface area contributed by atoms with Crippen LogP contribution in [-0.2, 0) is 9.45 Å². The highest BCUT2D eigenvalue weighted by atomic mass is 16.5. The number of aliphatic hydroxyl groups excluding tert-OH is 1. The van der Waals surface area contributed by atoms with E-state index in [1.807, 2.05) is 6.92 Å². The number of carbonyl (C=O) groups is 1. The Labute approximate surface area is 108 Å². The minimum atomic E-state index is -1.03. The molecule has 5 heteroatoms. The van der Waals surface area contributed by atoms with Crippen LogP contribution in [0, 0.1) is 5.92 Å². The van der Waals surface area contributed by atoms with E-state index >= 15 is 0 Å². The van der Waals surface area contributed by atoms with Gasteiger partial charge in [-0.05, 0) is 0 Å². The Kier molecular flexibility index (Phi) is 3.14. The highest BCUT2D eigenvalue weighted by Gasteiger charge is 2.60. The molecule has 4 nitrogen and oxygen atoms in total. The minimum absolute atomic E-state index is 0.00130. The highest BCUT2D eigenvalue weighted by Crippen LogP contribution is 2.51. The quantitative estimate of drug-likeness (QED) is 0.710. The van der Waals surface area contributed by atoms with Crippen molar-refractivity contribution < 1.29 is 19.8 Å². The summed E-state index contributed by atoms with van der Waals surface area (Å²) in [6, 6.07) is -0.170. The standard InChI is InChI=1S/C13H24BNO3/c1-9(8-16)12-13(17)18-14(15-12)10-4-2-5-11(14)7-3-6-10/h9-12,16H,2-8,15H2,1H3/t9-,10?,11?,12+,14?/m0/s1. The molecule has 0 aromatic rings. The van der Waals surface area contributed by atoms with Gasteiger partial charge in [0.1, 0.15) is 6.04 Å². The lowest BCUT2D eigenvalue weighted by molar-refractivity contribution is -0.567. The molecule has 18 heavy (non-hydrogen) atoms. The Hall–Kier alpha value is -0.545. The number of quaternary nitrogens is 1. The fraction of sp³-hybridized carbons (Fsp3) is 0.923. The molecule has 0 aromatic carbocycles. The van der Waals surface area contributed by atoms with Crippen LogP contribution in [0.1, 0.15) is 45.4 Å². The molecular formula is C13H24BNO3. The van der Waals surface area contributed by atoms with Crippen molar-refractivity contribution in [1.82, 2.24) is 0 Å². The summed E-state index contributed by atoms with van der Waals surface area (Å²) in [5, 5.41) is 11.5. The van der Waals surface area contributed by atoms with Crippen molar-refractivity contribution in [3.8, 4) is 0 Å². The molecule has 3 N–H and O–H groups in total. The van der Waals surface area contributed by atoms with E-state index in [0.29, 0.717) is 11.6 Å². The van der Waals surface area contributed by atoms with Gasteiger partial charge < -0.3 is 15.0 Å². The van der Waals surface area contributed by atoms with Crippen molar-refractivity contribution in [2.45, 2.75) is 63.1 Å². The average molecular weight is 253 g/mol. The maximum Gasteiger partial charge on any atom is 0.389 e. The molecule has 3 heterocycles. The van der Waals surface area contributed by atoms with E-state index in [9.17, 15) is 9.90 Å². The lowest BCUT2D eigenvalue weighted by atomic mass is 9.28. The van der Waals surface area contributed by atoms with Gasteiger partial charge in [0, 0.05) is 5.92 Å². The van der Waals surface area contributed by atoms with Gasteiger partial charge in [-0.15, -0.1) is 0 Å². The van der Waals surface area contributed by atoms with Gasteiger partial charge in [0.05, 0.1) is 6.61 Å². The van der Waals surface area contributed by atoms with Crippen LogP contribution in [0.2, 0.25) is 11.6 Å². The lowest BCUT2D eigenvalue weighted by Gasteiger charge is -2.50. The molecule has 3 rings (SSSR count). The topological polar surface area (TPSA) is 63.1 Å². The number of hydrogen-bond donors (Lipinski definition) is 2. The van der Waals surface area contributed by atoms with Crippen LogP contribution in [0.15, 0.2) is 0 Å². The van der Waals surface area contributed by atoms with Crippen LogP contribution in [0.4, 0.5) is 0 Å². The van der Waals surface area contributed by atoms with Crippen molar-refractivity contribution in [3.63, 3.8) is 0 Å². The number of aliphatic hydroxyl groups is 1. The van der Waals surface area contributed by atoms with E-state index in [4.69, 9.17) is 4.65 Å². The molecule has 1 spiro atoms. The van der Waals surface area contributed by atoms with Gasteiger partial charge in [-0.25, -0.2) is 0 Å². The van der Waals surface area contributed by atoms with Crippen LogP contribution < -0.4 is 5.23 Å². The Morgan fingerprint density at radius 2 is 1.89 bits per heavy atom. The van der Waals surface area contributed by atoms with Crippen molar-refractivity contribution >= 4 is 12.5 Å². The van der Waals surface area contributed by atoms with Gasteiger partial charge in [0.25, 0.3) is 0 Å². The third-order valence-electron chi connectivity index (χ3n) is 5.77. The van der Waals surface area contributed by atoms with Crippen LogP contribution in [-0.4, -0.2) is 30.2 Å². The van der Waals surface area contributed by atoms with Crippen molar-refractivity contribution in [3.05, 3.63) is 0 Å². The SMILES string of the molecule is C[C@@H](CO)[C@H]1[NH2+][B-]2(OC1=O)C1CCCC2CCC1. The Morgan fingerprint density at radius 3 is 2.39 bits per heavy atom. The van der Waals surface area contributed by atoms with E-state index in [1.54, 1.807) is 0 Å². The molecule has 0 saturated carbocycles. The molecule has 3 aliphatic rings. The first-order chi connectivity index (χ1) is 8.67. The molecule has 2 bridgehead atoms. The summed E-state index contributed by atoms with van der Waals surface area (Å²) in [5.41, 5.74) is 0. The maximum atomic E-state index is 12.1. The second-order valence-corrected chi connectivity index (χ2v) is 6.68. The summed E-state index contributed by atoms with van der Waals surface area (Å²) in [4.78, 5) is 12.1. The molecule has 0 aliphatic carbocycles. The summed E-state index contributed by atoms with van der Waals surface area (Å²) in [6.45, 7) is 0.976. The molecule has 0 amide bonds. The normalized spacial score (nSPS) is 45.0. The fourth-order valence-electron chi connectivity index (χ4n) is 4.76. The van der Waals surface area contributed by atoms with Gasteiger partial charge in [-0.1, -0.05) is 57.1 Å². The van der Waals surface area contributed by atoms with E-state index in [1.165, 1.54) is 38.5 Å². The first-order valence-electron chi connectivity index (χ1n) is 7.53. The van der Waals surface area contributed by atoms with E-state index in [0.717, 1.165) is 0 Å². The molecule has 2 atom stereocenters. The monoisotopic (exact) mass is 253 g/mol. The Balaban J connectivity index is 1.85. The van der Waals surface area contributed by atoms with Gasteiger partial charge in [-0.2, -0.15) is 0 Å². The predicted molar refractivity (Wildman–Crippen MR) is 69.0 cm³/mol. The van der Waals surface area contributed by atoms with E-state index in [2.05, 4.69) is 5.23 Å². The Morgan fingerprint density at radius 1 is 1.33 bits per heavy atom. The summed E-state index contributed by atoms with van der Waals surface area (Å²) in [6.07, 6.45) is 7.48. The summed E-state index contributed by atoms with van der Waals surface area (Å²) >= 11 is 0. The van der Waals surface area contributed by atoms with Crippen LogP contribution in [0.5, 0.6) is 0 Å². The summed E-state index contributed by atoms with van der Waals surface area (Å²) in [5.74, 6) is 1.12. The third kappa shape index (κ3) is 1.71. The zero-order valence-corrected chi connectivity index (χ0v) is 11.2. The maximum absolute atomic E-state index is 12.1. The molecule has 0 unspecified atom stereocenters. The first-order valence-corrected chi connectivity index (χ1v) is 7.53. The van der Waals surface area contributed by atoms with Gasteiger partial charge >= 0.3 is 12.5 Å². The molecular weight excluding hydrogens is 229 g/mol. The van der Waals surface area contributed by atoms with Gasteiger partial charge in [-0.3, -0.25) is 4.79 Å². The smallest absolute Gasteiger partial charge is 0.389 e. The second-order valence-electron chi connectivity index (χ2n) is 6.68. The molecule has 0 aromatic heterocycles. The number of carbonyl (C=O) groups excluding carboxylic acids is 1. The van der Waals surface area contributed by atoms with Crippen LogP contribution in [0.3, 0.4) is 0 Å². The summed E-state index contributed by atoms with van der Waals surface area (Å²) < 4.78 is 5.95. The van der Waals surface area contributed by atoms with E-state index in [-0.39, 0.29) is 24.5 Å². The lowest BCUT2D eigenvalue weighted by Crippen LogP contribution is -3.04. The largest absolute Gasteiger partial charge is 0.634 e. The third-order valence-corrected chi connectivity index (χ3v) is 5.77. The van der Waals surface area contributed by atoms with Crippen molar-refractivity contribution in [1.29, 1.82) is 0 Å². The molecule has 3 saturated heterocycles. The number of hydrogen-bond acceptors (Lipinski definition) is 3. The number of nitrogens with two attached hydrogens (primary N) is 1. The molecule has 102 valence electrons. The molecule has 3 aliphatic heterocycles. The first kappa shape index (κ1) is 12.5. The van der Waals surface area contributed by atoms with Crippen molar-refractivity contribution in [2.24, 2.45) is 5.92 Å². The summed E-state index contributed by atoms with van der Waals surface area (Å²) in [7, 11) is 0. The van der Waals surface area contributed by atoms with E-state index < -0.39 is 6.48 Å². The van der Waals surface area contributed by atoms with Crippen LogP contribution >= 0.6 is 0 Å². The van der Waals surface area contributed by atoms with Gasteiger partial charge in [0.2, 0.25) is 0 Å². The second kappa shape index (κ2) is 4.53. The zero-order valence-electron chi connectivity index (χ0n) is 11.2. The van der Waals surface area contributed by atoms with Gasteiger partial charge in [0.15, 0.2) is 0 Å². The minimum Gasteiger partial charge on any atom is -0.634 e. The highest BCUT2D eigenvalue weighted by molar-refractivity contribution is 6.71. The van der Waals surface area contributed by atoms with Crippen molar-refractivity contribution in [2.75, 3.05) is 6.61 Å². The predicted octanol–water partition coefficient (Wildman–Crippen LogP) is 0.654. The zero-order chi connectivity index (χ0) is 12.8. The molecule has 3 fully saturated rings. The number of rotatable bonds is 2.